The molecule has 4 atom stereocenters. The number of aliphatic hydroxyl groups is 1. The van der Waals surface area contributed by atoms with Gasteiger partial charge in [-0.05, 0) is 30.5 Å². The van der Waals surface area contributed by atoms with Crippen LogP contribution in [-0.2, 0) is 20.9 Å². The minimum absolute atomic E-state index is 0.0133. The molecule has 7 aromatic heterocycles. The van der Waals surface area contributed by atoms with Gasteiger partial charge in [0.05, 0.1) is 41.2 Å². The number of carbonyl (C=O) groups excluding carboxylic acids is 5. The number of rotatable bonds is 8. The van der Waals surface area contributed by atoms with Crippen molar-refractivity contribution in [3.63, 3.8) is 0 Å². The molecule has 0 aliphatic carbocycles. The minimum atomic E-state index is -1.23. The number of anilines is 1. The molecule has 0 fully saturated rings. The number of methoxy groups -OCH3 is 1. The number of nitrogens with one attached hydrogen (secondary N) is 4. The number of carbonyl (C=O) groups is 5. The summed E-state index contributed by atoms with van der Waals surface area (Å²) in [6.45, 7) is 5.24. The smallest absolute Gasteiger partial charge is 0.271 e. The summed E-state index contributed by atoms with van der Waals surface area (Å²) in [6.07, 6.45) is -1.41. The largest absolute Gasteiger partial charge is 0.386 e. The molecular formula is C48H46N12O7S6. The standard InChI is InChI=1S/C48H46N12O7S6/c1-21(2)25-13-31(61)36-22(3)72-47(59-36)27(14-34(62)50-4)53-41(65)29-18-68-43(55-29)24-11-12-26(45-57-33(49)20-71-45)52-37(24)28-17-69-46(54-28)30-19-70-48(56-30)39(40(64)23-9-7-6-8-10-23)58-35(63)15-51-42(66)38-32(16-67-5)73-44(25)60-38/h6-12,17-21,25,27,39-40,64H,13-16,49H2,1-5H3,(H,50,62)(H,51,66)(H,53,65)(H,58,63)/t25-,27+,39+,40+/m1/s1. The summed E-state index contributed by atoms with van der Waals surface area (Å²) < 4.78 is 5.46. The highest BCUT2D eigenvalue weighted by Crippen LogP contribution is 2.40. The zero-order chi connectivity index (χ0) is 51.5. The minimum Gasteiger partial charge on any atom is -0.386 e. The predicted octanol–water partition coefficient (Wildman–Crippen LogP) is 7.78. The number of amides is 4. The van der Waals surface area contributed by atoms with E-state index < -0.39 is 48.4 Å². The fourth-order valence-electron chi connectivity index (χ4n) is 7.85. The molecule has 1 aliphatic heterocycles. The summed E-state index contributed by atoms with van der Waals surface area (Å²) in [6, 6.07) is 10.5. The number of hydrogen-bond donors (Lipinski definition) is 6. The van der Waals surface area contributed by atoms with Gasteiger partial charge in [-0.1, -0.05) is 44.2 Å². The van der Waals surface area contributed by atoms with Crippen LogP contribution in [0, 0.1) is 12.8 Å². The van der Waals surface area contributed by atoms with E-state index in [4.69, 9.17) is 40.4 Å². The van der Waals surface area contributed by atoms with E-state index in [0.29, 0.717) is 79.5 Å². The van der Waals surface area contributed by atoms with Crippen LogP contribution in [0.25, 0.3) is 43.4 Å². The number of thiazole rings is 6. The van der Waals surface area contributed by atoms with Crippen molar-refractivity contribution in [2.45, 2.75) is 64.3 Å². The van der Waals surface area contributed by atoms with Crippen LogP contribution in [0.2, 0.25) is 0 Å². The van der Waals surface area contributed by atoms with E-state index in [-0.39, 0.29) is 54.1 Å². The summed E-state index contributed by atoms with van der Waals surface area (Å²) in [5.41, 5.74) is 9.36. The highest BCUT2D eigenvalue weighted by atomic mass is 32.1. The third-order valence-electron chi connectivity index (χ3n) is 11.6. The number of Topliss-reactive ketones (excluding diaryl/α,β-unsaturated/α-hetero) is 1. The molecule has 376 valence electrons. The molecule has 7 N–H and O–H groups in total. The zero-order valence-corrected chi connectivity index (χ0v) is 44.5. The molecule has 0 saturated carbocycles. The third kappa shape index (κ3) is 11.3. The van der Waals surface area contributed by atoms with Crippen molar-refractivity contribution >= 4 is 103 Å². The number of pyridine rings is 1. The Hall–Kier alpha value is -6.58. The van der Waals surface area contributed by atoms with Crippen LogP contribution in [0.1, 0.15) is 113 Å². The molecule has 73 heavy (non-hydrogen) atoms. The molecule has 19 nitrogen and oxygen atoms in total. The molecule has 0 radical (unpaired) electrons. The first-order chi connectivity index (χ1) is 35.2. The molecule has 0 saturated heterocycles. The van der Waals surface area contributed by atoms with Crippen molar-refractivity contribution in [1.82, 2.24) is 56.2 Å². The zero-order valence-electron chi connectivity index (χ0n) is 39.6. The van der Waals surface area contributed by atoms with Gasteiger partial charge in [-0.25, -0.2) is 34.9 Å². The Labute approximate surface area is 441 Å². The van der Waals surface area contributed by atoms with Gasteiger partial charge in [-0.3, -0.25) is 24.0 Å². The number of aryl methyl sites for hydroxylation is 1. The van der Waals surface area contributed by atoms with E-state index in [9.17, 15) is 29.1 Å². The number of ketones is 1. The second-order valence-electron chi connectivity index (χ2n) is 17.0. The van der Waals surface area contributed by atoms with Gasteiger partial charge in [-0.2, -0.15) is 0 Å². The Morgan fingerprint density at radius 1 is 0.767 bits per heavy atom. The number of benzene rings is 1. The second kappa shape index (κ2) is 22.3. The topological polar surface area (TPSA) is 279 Å². The van der Waals surface area contributed by atoms with E-state index in [0.717, 1.165) is 0 Å². The van der Waals surface area contributed by atoms with E-state index in [1.807, 2.05) is 31.4 Å². The molecule has 1 aliphatic rings. The number of nitrogen functional groups attached to an aromatic ring is 1. The molecule has 9 rings (SSSR count). The first kappa shape index (κ1) is 51.3. The lowest BCUT2D eigenvalue weighted by Crippen LogP contribution is -2.40. The number of fused-ring (bicyclic) bond motifs is 14. The third-order valence-corrected chi connectivity index (χ3v) is 17.4. The van der Waals surface area contributed by atoms with E-state index in [1.165, 1.54) is 82.2 Å². The summed E-state index contributed by atoms with van der Waals surface area (Å²) in [5, 5.41) is 32.7. The van der Waals surface area contributed by atoms with Crippen LogP contribution in [0.3, 0.4) is 0 Å². The SMILES string of the molecule is CNC(=O)C[C@@H]1NC(=O)c2csc(n2)-c2ccc(-c3nc(N)cs3)nc2-c2csc(n2)-c2csc(n2)[C@H]([C@@H](O)c2ccccc2)NC(=O)CNC(=O)c2nc(sc2COC)[C@@H](C(C)C)CC(=O)c2nc1sc2C. The van der Waals surface area contributed by atoms with Crippen LogP contribution in [-0.4, -0.2) is 90.1 Å². The van der Waals surface area contributed by atoms with Gasteiger partial charge in [0.15, 0.2) is 5.78 Å². The van der Waals surface area contributed by atoms with Crippen molar-refractivity contribution in [2.75, 3.05) is 26.4 Å². The van der Waals surface area contributed by atoms with Gasteiger partial charge >= 0.3 is 0 Å². The van der Waals surface area contributed by atoms with Crippen LogP contribution in [0.5, 0.6) is 0 Å². The number of nitrogens with two attached hydrogens (primary N) is 1. The predicted molar refractivity (Wildman–Crippen MR) is 283 cm³/mol. The first-order valence-electron chi connectivity index (χ1n) is 22.6. The molecule has 8 heterocycles. The van der Waals surface area contributed by atoms with Crippen molar-refractivity contribution in [2.24, 2.45) is 5.92 Å². The van der Waals surface area contributed by atoms with Crippen LogP contribution < -0.4 is 27.0 Å². The number of nitrogens with zero attached hydrogens (tertiary/aromatic N) is 7. The highest BCUT2D eigenvalue weighted by molar-refractivity contribution is 7.15. The Morgan fingerprint density at radius 2 is 1.48 bits per heavy atom. The lowest BCUT2D eigenvalue weighted by Gasteiger charge is -2.23. The molecule has 0 spiro atoms. The fraction of sp³-hybridized carbons (Fsp3) is 0.292. The Bertz CT molecular complexity index is 3340. The summed E-state index contributed by atoms with van der Waals surface area (Å²) in [5.74, 6) is -2.66. The normalized spacial score (nSPS) is 17.2. The van der Waals surface area contributed by atoms with Gasteiger partial charge in [0.2, 0.25) is 11.8 Å². The number of hydrogen-bond acceptors (Lipinski definition) is 21. The summed E-state index contributed by atoms with van der Waals surface area (Å²) in [7, 11) is 2.99. The van der Waals surface area contributed by atoms with Crippen LogP contribution in [0.15, 0.2) is 64.0 Å². The van der Waals surface area contributed by atoms with Gasteiger partial charge in [0.25, 0.3) is 11.8 Å². The van der Waals surface area contributed by atoms with Gasteiger partial charge in [0, 0.05) is 58.5 Å². The molecule has 25 heteroatoms. The number of ether oxygens (including phenoxy) is 1. The lowest BCUT2D eigenvalue weighted by atomic mass is 9.90. The average molecular weight is 1100 g/mol. The lowest BCUT2D eigenvalue weighted by molar-refractivity contribution is -0.122. The van der Waals surface area contributed by atoms with Crippen molar-refractivity contribution in [3.8, 4) is 43.4 Å². The van der Waals surface area contributed by atoms with Crippen molar-refractivity contribution < 1.29 is 33.8 Å². The first-order valence-corrected chi connectivity index (χ1v) is 27.7. The quantitative estimate of drug-likeness (QED) is 0.0847. The molecule has 0 unspecified atom stereocenters. The summed E-state index contributed by atoms with van der Waals surface area (Å²) in [4.78, 5) is 104. The monoisotopic (exact) mass is 1090 g/mol. The Morgan fingerprint density at radius 3 is 2.22 bits per heavy atom. The van der Waals surface area contributed by atoms with Gasteiger partial charge < -0.3 is 36.8 Å². The van der Waals surface area contributed by atoms with Crippen LogP contribution in [0.4, 0.5) is 5.82 Å². The Balaban J connectivity index is 1.13. The van der Waals surface area contributed by atoms with Crippen molar-refractivity contribution in [3.05, 3.63) is 111 Å². The Kier molecular flexibility index (Phi) is 15.7. The molecule has 8 aromatic rings. The molecule has 10 bridgehead atoms. The second-order valence-corrected chi connectivity index (χ2v) is 22.8. The van der Waals surface area contributed by atoms with Gasteiger partial charge in [0.1, 0.15) is 77.2 Å². The molecule has 4 amide bonds. The number of aromatic nitrogens is 7. The maximum absolute atomic E-state index is 14.3. The maximum Gasteiger partial charge on any atom is 0.271 e. The highest BCUT2D eigenvalue weighted by Gasteiger charge is 2.33. The molecule has 1 aromatic carbocycles. The van der Waals surface area contributed by atoms with E-state index in [1.54, 1.807) is 53.4 Å². The van der Waals surface area contributed by atoms with Gasteiger partial charge in [-0.15, -0.1) is 68.0 Å². The van der Waals surface area contributed by atoms with E-state index in [2.05, 4.69) is 26.3 Å². The van der Waals surface area contributed by atoms with Crippen molar-refractivity contribution in [1.29, 1.82) is 0 Å². The summed E-state index contributed by atoms with van der Waals surface area (Å²) >= 11 is 7.53. The van der Waals surface area contributed by atoms with E-state index >= 15 is 0 Å². The maximum atomic E-state index is 14.3. The van der Waals surface area contributed by atoms with Crippen LogP contribution >= 0.6 is 68.0 Å². The fourth-order valence-corrected chi connectivity index (χ4v) is 13.4. The average Bonchev–Trinajstić information content (AvgIpc) is 4.26. The number of aliphatic hydroxyl groups excluding tert-OH is 1. The molecular weight excluding hydrogens is 1050 g/mol.